The summed E-state index contributed by atoms with van der Waals surface area (Å²) < 4.78 is 10.8. The molecular formula is C13H21NO5. The Morgan fingerprint density at radius 2 is 2.21 bits per heavy atom. The molecule has 2 aliphatic rings. The number of hydrogen-bond acceptors (Lipinski definition) is 4. The summed E-state index contributed by atoms with van der Waals surface area (Å²) in [5, 5.41) is 8.87. The molecule has 6 heteroatoms. The van der Waals surface area contributed by atoms with E-state index < -0.39 is 11.9 Å². The summed E-state index contributed by atoms with van der Waals surface area (Å²) in [5.74, 6) is -1.24. The third-order valence-electron chi connectivity index (χ3n) is 3.68. The number of carbonyl (C=O) groups is 2. The number of amides is 1. The maximum Gasteiger partial charge on any atom is 0.308 e. The lowest BCUT2D eigenvalue weighted by Gasteiger charge is -2.16. The van der Waals surface area contributed by atoms with Crippen LogP contribution in [0, 0.1) is 5.92 Å². The van der Waals surface area contributed by atoms with E-state index >= 15 is 0 Å². The van der Waals surface area contributed by atoms with Crippen molar-refractivity contribution in [3.05, 3.63) is 0 Å². The van der Waals surface area contributed by atoms with Gasteiger partial charge in [0.25, 0.3) is 0 Å². The molecule has 0 unspecified atom stereocenters. The Bertz CT molecular complexity index is 327. The fourth-order valence-electron chi connectivity index (χ4n) is 2.50. The van der Waals surface area contributed by atoms with Crippen LogP contribution in [-0.4, -0.2) is 60.9 Å². The second-order valence-corrected chi connectivity index (χ2v) is 5.12. The third kappa shape index (κ3) is 4.18. The first-order valence-corrected chi connectivity index (χ1v) is 6.86. The van der Waals surface area contributed by atoms with Crippen LogP contribution >= 0.6 is 0 Å². The van der Waals surface area contributed by atoms with Gasteiger partial charge in [-0.3, -0.25) is 9.59 Å². The van der Waals surface area contributed by atoms with Crippen LogP contribution in [0.2, 0.25) is 0 Å². The molecule has 2 atom stereocenters. The molecule has 2 aliphatic heterocycles. The van der Waals surface area contributed by atoms with E-state index in [4.69, 9.17) is 14.6 Å². The third-order valence-corrected chi connectivity index (χ3v) is 3.68. The molecule has 0 aromatic heterocycles. The molecule has 19 heavy (non-hydrogen) atoms. The summed E-state index contributed by atoms with van der Waals surface area (Å²) in [6.07, 6.45) is 3.16. The second kappa shape index (κ2) is 6.86. The summed E-state index contributed by atoms with van der Waals surface area (Å²) in [7, 11) is 0. The predicted molar refractivity (Wildman–Crippen MR) is 66.7 cm³/mol. The molecule has 0 aromatic carbocycles. The number of likely N-dealkylation sites (tertiary alicyclic amines) is 1. The zero-order chi connectivity index (χ0) is 13.7. The van der Waals surface area contributed by atoms with Gasteiger partial charge >= 0.3 is 5.97 Å². The maximum absolute atomic E-state index is 11.8. The highest BCUT2D eigenvalue weighted by Crippen LogP contribution is 2.17. The van der Waals surface area contributed by atoms with Crippen LogP contribution in [0.3, 0.4) is 0 Å². The largest absolute Gasteiger partial charge is 0.481 e. The van der Waals surface area contributed by atoms with E-state index in [1.54, 1.807) is 4.90 Å². The van der Waals surface area contributed by atoms with Crippen LogP contribution in [0.4, 0.5) is 0 Å². The Hall–Kier alpha value is -1.14. The topological polar surface area (TPSA) is 76.1 Å². The Kier molecular flexibility index (Phi) is 5.15. The summed E-state index contributed by atoms with van der Waals surface area (Å²) in [6, 6.07) is 0. The highest BCUT2D eigenvalue weighted by atomic mass is 16.5. The predicted octanol–water partition coefficient (Wildman–Crippen LogP) is 0.505. The lowest BCUT2D eigenvalue weighted by molar-refractivity contribution is -0.141. The molecule has 0 radical (unpaired) electrons. The van der Waals surface area contributed by atoms with Gasteiger partial charge in [0.05, 0.1) is 31.7 Å². The van der Waals surface area contributed by atoms with Gasteiger partial charge in [0.1, 0.15) is 0 Å². The van der Waals surface area contributed by atoms with Crippen LogP contribution in [0.25, 0.3) is 0 Å². The van der Waals surface area contributed by atoms with Crippen molar-refractivity contribution in [2.24, 2.45) is 5.92 Å². The Balaban J connectivity index is 1.58. The van der Waals surface area contributed by atoms with Gasteiger partial charge in [-0.05, 0) is 19.3 Å². The quantitative estimate of drug-likeness (QED) is 0.712. The maximum atomic E-state index is 11.8. The summed E-state index contributed by atoms with van der Waals surface area (Å²) in [4.78, 5) is 24.3. The van der Waals surface area contributed by atoms with Crippen molar-refractivity contribution in [1.29, 1.82) is 0 Å². The van der Waals surface area contributed by atoms with Gasteiger partial charge in [-0.2, -0.15) is 0 Å². The molecule has 0 aromatic rings. The molecule has 2 rings (SSSR count). The molecule has 2 heterocycles. The number of nitrogens with zero attached hydrogens (tertiary/aromatic N) is 1. The van der Waals surface area contributed by atoms with Crippen molar-refractivity contribution in [1.82, 2.24) is 4.90 Å². The van der Waals surface area contributed by atoms with Crippen molar-refractivity contribution in [2.45, 2.75) is 31.8 Å². The van der Waals surface area contributed by atoms with Gasteiger partial charge in [0.15, 0.2) is 0 Å². The zero-order valence-corrected chi connectivity index (χ0v) is 11.0. The lowest BCUT2D eigenvalue weighted by atomic mass is 10.1. The van der Waals surface area contributed by atoms with Gasteiger partial charge in [0, 0.05) is 19.7 Å². The second-order valence-electron chi connectivity index (χ2n) is 5.12. The van der Waals surface area contributed by atoms with Gasteiger partial charge in [-0.15, -0.1) is 0 Å². The van der Waals surface area contributed by atoms with E-state index in [0.717, 1.165) is 19.4 Å². The van der Waals surface area contributed by atoms with Gasteiger partial charge in [-0.1, -0.05) is 0 Å². The zero-order valence-electron chi connectivity index (χ0n) is 11.0. The van der Waals surface area contributed by atoms with Gasteiger partial charge in [-0.25, -0.2) is 0 Å². The number of carboxylic acids is 1. The fraction of sp³-hybridized carbons (Fsp3) is 0.846. The number of carbonyl (C=O) groups excluding carboxylic acids is 1. The van der Waals surface area contributed by atoms with E-state index in [1.165, 1.54) is 0 Å². The molecule has 0 saturated carbocycles. The molecular weight excluding hydrogens is 250 g/mol. The minimum absolute atomic E-state index is 0.0175. The first-order chi connectivity index (χ1) is 9.16. The number of ether oxygens (including phenoxy) is 2. The minimum atomic E-state index is -0.815. The number of hydrogen-bond donors (Lipinski definition) is 1. The molecule has 1 amide bonds. The lowest BCUT2D eigenvalue weighted by Crippen LogP contribution is -2.30. The van der Waals surface area contributed by atoms with E-state index in [0.29, 0.717) is 39.1 Å². The van der Waals surface area contributed by atoms with Gasteiger partial charge in [0.2, 0.25) is 5.91 Å². The van der Waals surface area contributed by atoms with Crippen LogP contribution in [0.1, 0.15) is 25.7 Å². The van der Waals surface area contributed by atoms with E-state index in [1.807, 2.05) is 0 Å². The van der Waals surface area contributed by atoms with Gasteiger partial charge < -0.3 is 19.5 Å². The van der Waals surface area contributed by atoms with Crippen LogP contribution in [0.5, 0.6) is 0 Å². The molecule has 2 fully saturated rings. The fourth-order valence-corrected chi connectivity index (χ4v) is 2.50. The average Bonchev–Trinajstić information content (AvgIpc) is 3.05. The van der Waals surface area contributed by atoms with E-state index in [-0.39, 0.29) is 12.0 Å². The Morgan fingerprint density at radius 3 is 2.84 bits per heavy atom. The number of aliphatic carboxylic acids is 1. The summed E-state index contributed by atoms with van der Waals surface area (Å²) >= 11 is 0. The highest BCUT2D eigenvalue weighted by Gasteiger charge is 2.30. The smallest absolute Gasteiger partial charge is 0.308 e. The number of carboxylic acid groups (broad SMARTS) is 1. The summed E-state index contributed by atoms with van der Waals surface area (Å²) in [5.41, 5.74) is 0. The SMILES string of the molecule is O=C(O)[C@@H]1CCN(C(=O)CCOC[C@@H]2CCCO2)C1. The first-order valence-electron chi connectivity index (χ1n) is 6.86. The molecule has 0 aliphatic carbocycles. The van der Waals surface area contributed by atoms with Crippen molar-refractivity contribution in [3.63, 3.8) is 0 Å². The molecule has 0 bridgehead atoms. The minimum Gasteiger partial charge on any atom is -0.481 e. The Labute approximate surface area is 112 Å². The van der Waals surface area contributed by atoms with Crippen molar-refractivity contribution < 1.29 is 24.2 Å². The van der Waals surface area contributed by atoms with Crippen molar-refractivity contribution >= 4 is 11.9 Å². The molecule has 6 nitrogen and oxygen atoms in total. The standard InChI is InChI=1S/C13H21NO5/c15-12(14-5-3-10(8-14)13(16)17)4-7-18-9-11-2-1-6-19-11/h10-11H,1-9H2,(H,16,17)/t10-,11+/m1/s1. The number of rotatable bonds is 6. The van der Waals surface area contributed by atoms with Crippen molar-refractivity contribution in [3.8, 4) is 0 Å². The monoisotopic (exact) mass is 271 g/mol. The van der Waals surface area contributed by atoms with Crippen LogP contribution in [-0.2, 0) is 19.1 Å². The Morgan fingerprint density at radius 1 is 1.37 bits per heavy atom. The highest BCUT2D eigenvalue weighted by molar-refractivity contribution is 5.78. The normalized spacial score (nSPS) is 26.8. The molecule has 108 valence electrons. The molecule has 1 N–H and O–H groups in total. The van der Waals surface area contributed by atoms with Crippen molar-refractivity contribution in [2.75, 3.05) is 32.9 Å². The summed E-state index contributed by atoms with van der Waals surface area (Å²) in [6.45, 7) is 2.61. The van der Waals surface area contributed by atoms with E-state index in [9.17, 15) is 9.59 Å². The average molecular weight is 271 g/mol. The van der Waals surface area contributed by atoms with Crippen LogP contribution < -0.4 is 0 Å². The van der Waals surface area contributed by atoms with Crippen LogP contribution in [0.15, 0.2) is 0 Å². The molecule has 0 spiro atoms. The first kappa shape index (κ1) is 14.3. The van der Waals surface area contributed by atoms with E-state index in [2.05, 4.69) is 0 Å². The molecule has 2 saturated heterocycles.